The largest absolute Gasteiger partial charge is 0.350 e. The first-order valence-corrected chi connectivity index (χ1v) is 12.7. The molecule has 1 N–H and O–H groups in total. The van der Waals surface area contributed by atoms with Crippen LogP contribution in [-0.2, 0) is 27.5 Å². The van der Waals surface area contributed by atoms with Crippen LogP contribution < -0.4 is 5.32 Å². The summed E-state index contributed by atoms with van der Waals surface area (Å²) in [5, 5.41) is 7.17. The number of thioether (sulfide) groups is 1. The Kier molecular flexibility index (Phi) is 7.29. The normalized spacial score (nSPS) is 21.5. The zero-order chi connectivity index (χ0) is 22.5. The molecule has 4 rings (SSSR count). The van der Waals surface area contributed by atoms with Crippen molar-refractivity contribution in [3.05, 3.63) is 53.9 Å². The van der Waals surface area contributed by atoms with Crippen LogP contribution in [0.1, 0.15) is 43.2 Å². The molecule has 1 aliphatic carbocycles. The lowest BCUT2D eigenvalue weighted by molar-refractivity contribution is -0.148. The number of nitrogens with zero attached hydrogens (tertiary/aromatic N) is 3. The highest BCUT2D eigenvalue weighted by Gasteiger charge is 2.51. The second-order valence-electron chi connectivity index (χ2n) is 8.58. The van der Waals surface area contributed by atoms with E-state index in [4.69, 9.17) is 0 Å². The number of imide groups is 1. The van der Waals surface area contributed by atoms with E-state index in [0.29, 0.717) is 25.3 Å². The molecular formula is C24H30N4O3S. The number of nitrogens with one attached hydrogen (secondary N) is 1. The number of likely N-dealkylation sites (tertiary alicyclic amines) is 1. The van der Waals surface area contributed by atoms with Gasteiger partial charge in [-0.25, -0.2) is 0 Å². The van der Waals surface area contributed by atoms with Gasteiger partial charge in [0.05, 0.1) is 18.4 Å². The van der Waals surface area contributed by atoms with Crippen LogP contribution in [-0.4, -0.2) is 50.5 Å². The van der Waals surface area contributed by atoms with Crippen LogP contribution in [0.5, 0.6) is 0 Å². The SMILES string of the molecule is CSCC[C@H](C(=O)NCc1ccc(Cn2cccn2)cc1)N1C(=O)[C@H]2CCCC[C@H]2C1=O. The lowest BCUT2D eigenvalue weighted by Gasteiger charge is -2.26. The minimum Gasteiger partial charge on any atom is -0.350 e. The standard InChI is InChI=1S/C24H30N4O3S/c1-32-14-11-21(28-23(30)19-5-2-3-6-20(19)24(28)31)22(29)25-15-17-7-9-18(10-8-17)16-27-13-4-12-26-27/h4,7-10,12-13,19-21H,2-3,5-6,11,14-16H2,1H3,(H,25,29)/t19-,20+,21-/m1/s1. The summed E-state index contributed by atoms with van der Waals surface area (Å²) in [5.41, 5.74) is 2.09. The van der Waals surface area contributed by atoms with E-state index in [1.807, 2.05) is 47.5 Å². The van der Waals surface area contributed by atoms with Gasteiger partial charge in [0.15, 0.2) is 0 Å². The van der Waals surface area contributed by atoms with E-state index < -0.39 is 6.04 Å². The van der Waals surface area contributed by atoms with Gasteiger partial charge in [-0.1, -0.05) is 37.1 Å². The van der Waals surface area contributed by atoms with Crippen molar-refractivity contribution in [3.63, 3.8) is 0 Å². The van der Waals surface area contributed by atoms with Crippen LogP contribution in [0.3, 0.4) is 0 Å². The number of fused-ring (bicyclic) bond motifs is 1. The number of carbonyl (C=O) groups excluding carboxylic acids is 3. The van der Waals surface area contributed by atoms with Gasteiger partial charge in [0, 0.05) is 18.9 Å². The molecule has 2 heterocycles. The average Bonchev–Trinajstić information content (AvgIpc) is 3.41. The van der Waals surface area contributed by atoms with Crippen molar-refractivity contribution >= 4 is 29.5 Å². The maximum absolute atomic E-state index is 13.1. The first-order chi connectivity index (χ1) is 15.6. The third kappa shape index (κ3) is 4.90. The van der Waals surface area contributed by atoms with E-state index in [2.05, 4.69) is 10.4 Å². The van der Waals surface area contributed by atoms with Crippen molar-refractivity contribution in [2.75, 3.05) is 12.0 Å². The fraction of sp³-hybridized carbons (Fsp3) is 0.500. The Labute approximate surface area is 192 Å². The number of hydrogen-bond acceptors (Lipinski definition) is 5. The van der Waals surface area contributed by atoms with Crippen molar-refractivity contribution < 1.29 is 14.4 Å². The van der Waals surface area contributed by atoms with Gasteiger partial charge in [-0.05, 0) is 48.5 Å². The Balaban J connectivity index is 1.40. The lowest BCUT2D eigenvalue weighted by atomic mass is 9.81. The van der Waals surface area contributed by atoms with Crippen molar-refractivity contribution in [3.8, 4) is 0 Å². The molecule has 1 aliphatic heterocycles. The maximum atomic E-state index is 13.1. The minimum absolute atomic E-state index is 0.149. The number of amides is 3. The number of carbonyl (C=O) groups is 3. The van der Waals surface area contributed by atoms with E-state index >= 15 is 0 Å². The number of benzene rings is 1. The highest BCUT2D eigenvalue weighted by Crippen LogP contribution is 2.39. The molecule has 3 atom stereocenters. The first kappa shape index (κ1) is 22.6. The monoisotopic (exact) mass is 454 g/mol. The summed E-state index contributed by atoms with van der Waals surface area (Å²) in [6.45, 7) is 1.05. The Morgan fingerprint density at radius 3 is 2.38 bits per heavy atom. The van der Waals surface area contributed by atoms with E-state index in [0.717, 1.165) is 36.8 Å². The van der Waals surface area contributed by atoms with Gasteiger partial charge < -0.3 is 5.32 Å². The molecule has 0 bridgehead atoms. The van der Waals surface area contributed by atoms with Gasteiger partial charge in [0.2, 0.25) is 17.7 Å². The van der Waals surface area contributed by atoms with Gasteiger partial charge in [0.1, 0.15) is 6.04 Å². The molecule has 7 nitrogen and oxygen atoms in total. The van der Waals surface area contributed by atoms with Crippen LogP contribution in [0.2, 0.25) is 0 Å². The molecule has 0 radical (unpaired) electrons. The average molecular weight is 455 g/mol. The quantitative estimate of drug-likeness (QED) is 0.589. The van der Waals surface area contributed by atoms with Crippen LogP contribution >= 0.6 is 11.8 Å². The molecule has 170 valence electrons. The van der Waals surface area contributed by atoms with Crippen molar-refractivity contribution in [1.82, 2.24) is 20.0 Å². The summed E-state index contributed by atoms with van der Waals surface area (Å²) in [7, 11) is 0. The second kappa shape index (κ2) is 10.3. The maximum Gasteiger partial charge on any atom is 0.243 e. The third-order valence-electron chi connectivity index (χ3n) is 6.48. The molecule has 2 fully saturated rings. The summed E-state index contributed by atoms with van der Waals surface area (Å²) >= 11 is 1.62. The molecule has 32 heavy (non-hydrogen) atoms. The van der Waals surface area contributed by atoms with E-state index in [9.17, 15) is 14.4 Å². The topological polar surface area (TPSA) is 84.3 Å². The second-order valence-corrected chi connectivity index (χ2v) is 9.56. The lowest BCUT2D eigenvalue weighted by Crippen LogP contribution is -2.50. The molecule has 8 heteroatoms. The van der Waals surface area contributed by atoms with Crippen molar-refractivity contribution in [1.29, 1.82) is 0 Å². The molecule has 1 aromatic carbocycles. The summed E-state index contributed by atoms with van der Waals surface area (Å²) in [6, 6.07) is 9.17. The summed E-state index contributed by atoms with van der Waals surface area (Å²) in [6.07, 6.45) is 9.58. The summed E-state index contributed by atoms with van der Waals surface area (Å²) < 4.78 is 1.86. The van der Waals surface area contributed by atoms with Crippen LogP contribution in [0.4, 0.5) is 0 Å². The van der Waals surface area contributed by atoms with Crippen molar-refractivity contribution in [2.45, 2.75) is 51.2 Å². The fourth-order valence-electron chi connectivity index (χ4n) is 4.75. The molecule has 1 saturated heterocycles. The Hall–Kier alpha value is -2.61. The van der Waals surface area contributed by atoms with E-state index in [1.54, 1.807) is 18.0 Å². The minimum atomic E-state index is -0.730. The van der Waals surface area contributed by atoms with Crippen LogP contribution in [0.15, 0.2) is 42.7 Å². The Bertz CT molecular complexity index is 921. The molecule has 1 aromatic heterocycles. The molecule has 0 unspecified atom stereocenters. The van der Waals surface area contributed by atoms with Gasteiger partial charge >= 0.3 is 0 Å². The Morgan fingerprint density at radius 1 is 1.12 bits per heavy atom. The van der Waals surface area contributed by atoms with Gasteiger partial charge in [0.25, 0.3) is 0 Å². The number of hydrogen-bond donors (Lipinski definition) is 1. The number of rotatable bonds is 9. The van der Waals surface area contributed by atoms with Crippen LogP contribution in [0.25, 0.3) is 0 Å². The smallest absolute Gasteiger partial charge is 0.243 e. The zero-order valence-corrected chi connectivity index (χ0v) is 19.2. The predicted molar refractivity (Wildman–Crippen MR) is 124 cm³/mol. The van der Waals surface area contributed by atoms with Crippen molar-refractivity contribution in [2.24, 2.45) is 11.8 Å². The summed E-state index contributed by atoms with van der Waals surface area (Å²) in [5.74, 6) is -0.300. The fourth-order valence-corrected chi connectivity index (χ4v) is 5.21. The molecule has 3 amide bonds. The highest BCUT2D eigenvalue weighted by atomic mass is 32.2. The van der Waals surface area contributed by atoms with Crippen LogP contribution in [0, 0.1) is 11.8 Å². The molecular weight excluding hydrogens is 424 g/mol. The molecule has 2 aromatic rings. The zero-order valence-electron chi connectivity index (χ0n) is 18.4. The van der Waals surface area contributed by atoms with E-state index in [1.165, 1.54) is 4.90 Å². The molecule has 0 spiro atoms. The summed E-state index contributed by atoms with van der Waals surface area (Å²) in [4.78, 5) is 40.4. The van der Waals surface area contributed by atoms with Gasteiger partial charge in [-0.3, -0.25) is 24.0 Å². The third-order valence-corrected chi connectivity index (χ3v) is 7.12. The predicted octanol–water partition coefficient (Wildman–Crippen LogP) is 2.84. The Morgan fingerprint density at radius 2 is 1.78 bits per heavy atom. The highest BCUT2D eigenvalue weighted by molar-refractivity contribution is 7.98. The van der Waals surface area contributed by atoms with Gasteiger partial charge in [-0.2, -0.15) is 16.9 Å². The van der Waals surface area contributed by atoms with Gasteiger partial charge in [-0.15, -0.1) is 0 Å². The number of aromatic nitrogens is 2. The first-order valence-electron chi connectivity index (χ1n) is 11.3. The molecule has 1 saturated carbocycles. The molecule has 2 aliphatic rings. The van der Waals surface area contributed by atoms with E-state index in [-0.39, 0.29) is 29.6 Å².